The Morgan fingerprint density at radius 2 is 1.32 bits per heavy atom. The van der Waals surface area contributed by atoms with Crippen LogP contribution in [-0.4, -0.2) is 4.98 Å². The second-order valence-corrected chi connectivity index (χ2v) is 6.12. The van der Waals surface area contributed by atoms with Gasteiger partial charge in [0.15, 0.2) is 0 Å². The molecule has 0 spiro atoms. The number of rotatable bonds is 2. The Balaban J connectivity index is 2.31. The van der Waals surface area contributed by atoms with Crippen LogP contribution in [0.25, 0.3) is 22.4 Å². The molecule has 1 N–H and O–H groups in total. The second-order valence-electron chi connectivity index (χ2n) is 5.25. The molecular formula is C18H9Cl2F3N2. The number of nitrogens with zero attached hydrogens (tertiary/aromatic N) is 1. The Morgan fingerprint density at radius 3 is 1.76 bits per heavy atom. The van der Waals surface area contributed by atoms with Gasteiger partial charge < -0.3 is 4.98 Å². The molecule has 0 atom stereocenters. The zero-order valence-corrected chi connectivity index (χ0v) is 14.0. The number of hydrogen-bond donors (Lipinski definition) is 1. The molecule has 3 rings (SSSR count). The molecule has 126 valence electrons. The number of nitriles is 1. The summed E-state index contributed by atoms with van der Waals surface area (Å²) >= 11 is 11.6. The maximum absolute atomic E-state index is 13.5. The van der Waals surface area contributed by atoms with Crippen LogP contribution in [0.3, 0.4) is 0 Å². The Kier molecular flexibility index (Phi) is 4.51. The number of hydrogen-bond acceptors (Lipinski definition) is 1. The topological polar surface area (TPSA) is 39.6 Å². The molecule has 25 heavy (non-hydrogen) atoms. The van der Waals surface area contributed by atoms with Crippen molar-refractivity contribution in [1.29, 1.82) is 5.26 Å². The molecule has 3 aromatic rings. The zero-order chi connectivity index (χ0) is 18.2. The molecule has 0 aliphatic rings. The molecule has 0 aliphatic heterocycles. The van der Waals surface area contributed by atoms with E-state index in [1.807, 2.05) is 6.07 Å². The Labute approximate surface area is 151 Å². The number of aromatic nitrogens is 1. The minimum atomic E-state index is -4.65. The third kappa shape index (κ3) is 3.37. The maximum atomic E-state index is 13.5. The lowest BCUT2D eigenvalue weighted by Crippen LogP contribution is -2.07. The van der Waals surface area contributed by atoms with E-state index >= 15 is 0 Å². The lowest BCUT2D eigenvalue weighted by Gasteiger charge is -2.08. The molecule has 2 nitrogen and oxygen atoms in total. The van der Waals surface area contributed by atoms with Gasteiger partial charge in [-0.2, -0.15) is 18.4 Å². The highest BCUT2D eigenvalue weighted by Gasteiger charge is 2.38. The third-order valence-corrected chi connectivity index (χ3v) is 4.17. The minimum Gasteiger partial charge on any atom is -0.349 e. The number of nitrogens with one attached hydrogen (secondary N) is 1. The quantitative estimate of drug-likeness (QED) is 0.538. The summed E-state index contributed by atoms with van der Waals surface area (Å²) in [7, 11) is 0. The molecule has 0 amide bonds. The van der Waals surface area contributed by atoms with E-state index in [1.54, 1.807) is 24.3 Å². The summed E-state index contributed by atoms with van der Waals surface area (Å²) in [6, 6.07) is 14.0. The summed E-state index contributed by atoms with van der Waals surface area (Å²) in [6.45, 7) is 0. The number of benzene rings is 2. The van der Waals surface area contributed by atoms with Gasteiger partial charge in [-0.1, -0.05) is 47.5 Å². The highest BCUT2D eigenvalue weighted by Crippen LogP contribution is 2.42. The highest BCUT2D eigenvalue weighted by molar-refractivity contribution is 6.31. The molecular weight excluding hydrogens is 372 g/mol. The average Bonchev–Trinajstić information content (AvgIpc) is 2.96. The first-order chi connectivity index (χ1) is 11.8. The number of halogens is 5. The van der Waals surface area contributed by atoms with E-state index in [-0.39, 0.29) is 22.4 Å². The van der Waals surface area contributed by atoms with Crippen LogP contribution >= 0.6 is 23.2 Å². The van der Waals surface area contributed by atoms with E-state index in [4.69, 9.17) is 23.2 Å². The molecule has 0 bridgehead atoms. The van der Waals surface area contributed by atoms with Gasteiger partial charge in [0.2, 0.25) is 0 Å². The van der Waals surface area contributed by atoms with Crippen LogP contribution in [0.5, 0.6) is 0 Å². The van der Waals surface area contributed by atoms with Crippen molar-refractivity contribution >= 4 is 23.2 Å². The molecule has 0 radical (unpaired) electrons. The molecule has 1 heterocycles. The van der Waals surface area contributed by atoms with Gasteiger partial charge in [0.1, 0.15) is 11.8 Å². The highest BCUT2D eigenvalue weighted by atomic mass is 35.5. The van der Waals surface area contributed by atoms with Gasteiger partial charge in [-0.05, 0) is 35.4 Å². The summed E-state index contributed by atoms with van der Waals surface area (Å²) in [5.41, 5.74) is -0.474. The van der Waals surface area contributed by atoms with E-state index in [0.29, 0.717) is 15.6 Å². The summed E-state index contributed by atoms with van der Waals surface area (Å²) in [5, 5.41) is 10.4. The van der Waals surface area contributed by atoms with Crippen LogP contribution < -0.4 is 0 Å². The van der Waals surface area contributed by atoms with E-state index in [2.05, 4.69) is 4.98 Å². The van der Waals surface area contributed by atoms with Crippen molar-refractivity contribution in [3.05, 3.63) is 69.8 Å². The van der Waals surface area contributed by atoms with Crippen molar-refractivity contribution in [2.24, 2.45) is 0 Å². The monoisotopic (exact) mass is 380 g/mol. The van der Waals surface area contributed by atoms with Crippen LogP contribution in [0.1, 0.15) is 11.3 Å². The van der Waals surface area contributed by atoms with Crippen molar-refractivity contribution in [2.45, 2.75) is 6.18 Å². The van der Waals surface area contributed by atoms with Crippen LogP contribution in [0.2, 0.25) is 10.0 Å². The third-order valence-electron chi connectivity index (χ3n) is 3.66. The van der Waals surface area contributed by atoms with Gasteiger partial charge in [0.25, 0.3) is 0 Å². The summed E-state index contributed by atoms with van der Waals surface area (Å²) < 4.78 is 40.6. The van der Waals surface area contributed by atoms with Gasteiger partial charge >= 0.3 is 6.18 Å². The van der Waals surface area contributed by atoms with Crippen LogP contribution in [0, 0.1) is 11.3 Å². The fourth-order valence-electron chi connectivity index (χ4n) is 2.56. The summed E-state index contributed by atoms with van der Waals surface area (Å²) in [5.74, 6) is 0. The van der Waals surface area contributed by atoms with E-state index in [0.717, 1.165) is 0 Å². The molecule has 7 heteroatoms. The molecule has 0 fully saturated rings. The van der Waals surface area contributed by atoms with Gasteiger partial charge in [-0.25, -0.2) is 0 Å². The van der Waals surface area contributed by atoms with Crippen LogP contribution in [-0.2, 0) is 6.18 Å². The average molecular weight is 381 g/mol. The van der Waals surface area contributed by atoms with Gasteiger partial charge in [-0.15, -0.1) is 0 Å². The normalized spacial score (nSPS) is 11.4. The standard InChI is InChI=1S/C18H9Cl2F3N2/c19-12-5-1-10(2-6-12)15-14(9-24)16(25-17(15)18(21,22)23)11-3-7-13(20)8-4-11/h1-8,25H. The Hall–Kier alpha value is -2.42. The Morgan fingerprint density at radius 1 is 0.840 bits per heavy atom. The zero-order valence-electron chi connectivity index (χ0n) is 12.5. The Bertz CT molecular complexity index is 950. The molecule has 2 aromatic carbocycles. The van der Waals surface area contributed by atoms with E-state index in [9.17, 15) is 18.4 Å². The smallest absolute Gasteiger partial charge is 0.349 e. The van der Waals surface area contributed by atoms with Crippen LogP contribution in [0.15, 0.2) is 48.5 Å². The molecule has 1 aromatic heterocycles. The second kappa shape index (κ2) is 6.47. The molecule has 0 saturated heterocycles. The first-order valence-corrected chi connectivity index (χ1v) is 7.82. The lowest BCUT2D eigenvalue weighted by molar-refractivity contribution is -0.140. The van der Waals surface area contributed by atoms with E-state index in [1.165, 1.54) is 24.3 Å². The van der Waals surface area contributed by atoms with Crippen molar-refractivity contribution < 1.29 is 13.2 Å². The maximum Gasteiger partial charge on any atom is 0.431 e. The van der Waals surface area contributed by atoms with Crippen molar-refractivity contribution in [3.63, 3.8) is 0 Å². The molecule has 0 aliphatic carbocycles. The number of H-pyrrole nitrogens is 1. The van der Waals surface area contributed by atoms with Crippen LogP contribution in [0.4, 0.5) is 13.2 Å². The van der Waals surface area contributed by atoms with Gasteiger partial charge in [-0.3, -0.25) is 0 Å². The number of aromatic amines is 1. The van der Waals surface area contributed by atoms with Gasteiger partial charge in [0, 0.05) is 15.6 Å². The number of alkyl halides is 3. The first kappa shape index (κ1) is 17.4. The summed E-state index contributed by atoms with van der Waals surface area (Å²) in [4.78, 5) is 2.37. The fourth-order valence-corrected chi connectivity index (χ4v) is 2.81. The predicted molar refractivity (Wildman–Crippen MR) is 91.4 cm³/mol. The van der Waals surface area contributed by atoms with Gasteiger partial charge in [0.05, 0.1) is 11.3 Å². The minimum absolute atomic E-state index is 0.0861. The van der Waals surface area contributed by atoms with Crippen molar-refractivity contribution in [3.8, 4) is 28.5 Å². The predicted octanol–water partition coefficient (Wildman–Crippen LogP) is 6.55. The van der Waals surface area contributed by atoms with Crippen molar-refractivity contribution in [1.82, 2.24) is 4.98 Å². The molecule has 0 saturated carbocycles. The largest absolute Gasteiger partial charge is 0.431 e. The SMILES string of the molecule is N#Cc1c(-c2ccc(Cl)cc2)[nH]c(C(F)(F)F)c1-c1ccc(Cl)cc1. The fraction of sp³-hybridized carbons (Fsp3) is 0.0556. The summed E-state index contributed by atoms with van der Waals surface area (Å²) in [6.07, 6.45) is -4.65. The lowest BCUT2D eigenvalue weighted by atomic mass is 9.98. The molecule has 0 unspecified atom stereocenters. The van der Waals surface area contributed by atoms with E-state index < -0.39 is 11.9 Å². The van der Waals surface area contributed by atoms with Crippen molar-refractivity contribution in [2.75, 3.05) is 0 Å². The first-order valence-electron chi connectivity index (χ1n) is 7.06.